The second-order valence-electron chi connectivity index (χ2n) is 5.60. The van der Waals surface area contributed by atoms with E-state index in [0.29, 0.717) is 5.95 Å². The molecule has 0 amide bonds. The smallest absolute Gasteiger partial charge is 0.247 e. The Labute approximate surface area is 144 Å². The van der Waals surface area contributed by atoms with Gasteiger partial charge in [0.1, 0.15) is 5.75 Å². The van der Waals surface area contributed by atoms with Crippen molar-refractivity contribution in [1.29, 1.82) is 0 Å². The van der Waals surface area contributed by atoms with E-state index >= 15 is 0 Å². The van der Waals surface area contributed by atoms with E-state index in [1.54, 1.807) is 11.6 Å². The number of hydrogen-bond donors (Lipinski definition) is 2. The fourth-order valence-electron chi connectivity index (χ4n) is 2.65. The topological polar surface area (TPSA) is 77.5 Å². The van der Waals surface area contributed by atoms with E-state index in [1.807, 2.05) is 66.9 Å². The van der Waals surface area contributed by atoms with E-state index in [-0.39, 0.29) is 0 Å². The molecule has 4 aromatic rings. The maximum atomic E-state index is 5.71. The second kappa shape index (κ2) is 6.16. The lowest BCUT2D eigenvalue weighted by Crippen LogP contribution is -1.93. The van der Waals surface area contributed by atoms with E-state index in [1.165, 1.54) is 0 Å². The van der Waals surface area contributed by atoms with Gasteiger partial charge in [-0.3, -0.25) is 0 Å². The molecule has 0 saturated carbocycles. The van der Waals surface area contributed by atoms with Crippen LogP contribution in [0.2, 0.25) is 0 Å². The van der Waals surface area contributed by atoms with Crippen molar-refractivity contribution < 1.29 is 4.74 Å². The summed E-state index contributed by atoms with van der Waals surface area (Å²) in [6.45, 7) is 0. The number of anilines is 3. The largest absolute Gasteiger partial charge is 0.497 e. The Kier molecular flexibility index (Phi) is 3.70. The van der Waals surface area contributed by atoms with Gasteiger partial charge in [0, 0.05) is 23.1 Å². The Bertz CT molecular complexity index is 1010. The van der Waals surface area contributed by atoms with E-state index in [4.69, 9.17) is 10.5 Å². The normalized spacial score (nSPS) is 10.8. The molecule has 6 heteroatoms. The second-order valence-corrected chi connectivity index (χ2v) is 5.60. The van der Waals surface area contributed by atoms with Gasteiger partial charge >= 0.3 is 0 Å². The molecule has 0 atom stereocenters. The zero-order valence-corrected chi connectivity index (χ0v) is 13.7. The number of ether oxygens (including phenoxy) is 1. The van der Waals surface area contributed by atoms with Crippen LogP contribution in [0.1, 0.15) is 0 Å². The molecular weight excluding hydrogens is 314 g/mol. The standard InChI is InChI=1S/C19H17N5O/c1-25-16-10-4-13(5-11-16)17-3-2-12-24-18(17)22-19(23-24)21-15-8-6-14(20)7-9-15/h2-12H,20H2,1H3,(H,21,23). The number of rotatable bonds is 4. The van der Waals surface area contributed by atoms with Crippen molar-refractivity contribution in [3.63, 3.8) is 0 Å². The summed E-state index contributed by atoms with van der Waals surface area (Å²) in [5.41, 5.74) is 10.2. The molecule has 4 rings (SSSR count). The number of hydrogen-bond acceptors (Lipinski definition) is 5. The van der Waals surface area contributed by atoms with Crippen LogP contribution in [-0.4, -0.2) is 21.7 Å². The minimum atomic E-state index is 0.533. The van der Waals surface area contributed by atoms with E-state index in [2.05, 4.69) is 15.4 Å². The first-order valence-electron chi connectivity index (χ1n) is 7.85. The van der Waals surface area contributed by atoms with Crippen LogP contribution in [0.3, 0.4) is 0 Å². The fourth-order valence-corrected chi connectivity index (χ4v) is 2.65. The van der Waals surface area contributed by atoms with Crippen LogP contribution in [0.15, 0.2) is 66.9 Å². The number of nitrogens with two attached hydrogens (primary N) is 1. The van der Waals surface area contributed by atoms with Crippen molar-refractivity contribution in [2.75, 3.05) is 18.2 Å². The molecule has 124 valence electrons. The highest BCUT2D eigenvalue weighted by Crippen LogP contribution is 2.26. The van der Waals surface area contributed by atoms with Crippen LogP contribution in [0.5, 0.6) is 5.75 Å². The van der Waals surface area contributed by atoms with Gasteiger partial charge in [-0.15, -0.1) is 5.10 Å². The average Bonchev–Trinajstić information content (AvgIpc) is 3.06. The molecule has 6 nitrogen and oxygen atoms in total. The maximum Gasteiger partial charge on any atom is 0.247 e. The monoisotopic (exact) mass is 331 g/mol. The fraction of sp³-hybridized carbons (Fsp3) is 0.0526. The molecule has 25 heavy (non-hydrogen) atoms. The van der Waals surface area contributed by atoms with Gasteiger partial charge in [-0.1, -0.05) is 12.1 Å². The molecule has 3 N–H and O–H groups in total. The number of fused-ring (bicyclic) bond motifs is 1. The predicted molar refractivity (Wildman–Crippen MR) is 99.1 cm³/mol. The highest BCUT2D eigenvalue weighted by molar-refractivity contribution is 5.78. The summed E-state index contributed by atoms with van der Waals surface area (Å²) >= 11 is 0. The third-order valence-corrected chi connectivity index (χ3v) is 3.93. The molecule has 0 unspecified atom stereocenters. The van der Waals surface area contributed by atoms with E-state index < -0.39 is 0 Å². The summed E-state index contributed by atoms with van der Waals surface area (Å²) in [5, 5.41) is 7.69. The van der Waals surface area contributed by atoms with Crippen molar-refractivity contribution in [3.05, 3.63) is 66.9 Å². The Morgan fingerprint density at radius 3 is 2.48 bits per heavy atom. The molecule has 0 bridgehead atoms. The van der Waals surface area contributed by atoms with Crippen LogP contribution < -0.4 is 15.8 Å². The van der Waals surface area contributed by atoms with Crippen molar-refractivity contribution >= 4 is 23.0 Å². The van der Waals surface area contributed by atoms with Gasteiger partial charge in [0.15, 0.2) is 5.65 Å². The number of nitrogens with one attached hydrogen (secondary N) is 1. The molecule has 0 spiro atoms. The molecule has 0 aliphatic heterocycles. The Morgan fingerprint density at radius 1 is 1.00 bits per heavy atom. The molecule has 0 aliphatic carbocycles. The third-order valence-electron chi connectivity index (χ3n) is 3.93. The molecule has 2 aromatic heterocycles. The maximum absolute atomic E-state index is 5.71. The lowest BCUT2D eigenvalue weighted by Gasteiger charge is -2.04. The Balaban J connectivity index is 1.71. The highest BCUT2D eigenvalue weighted by Gasteiger charge is 2.10. The van der Waals surface area contributed by atoms with Crippen molar-refractivity contribution in [2.45, 2.75) is 0 Å². The minimum absolute atomic E-state index is 0.533. The summed E-state index contributed by atoms with van der Waals surface area (Å²) < 4.78 is 6.98. The van der Waals surface area contributed by atoms with Gasteiger partial charge < -0.3 is 15.8 Å². The van der Waals surface area contributed by atoms with Crippen LogP contribution in [0.25, 0.3) is 16.8 Å². The Morgan fingerprint density at radius 2 is 1.76 bits per heavy atom. The van der Waals surface area contributed by atoms with Crippen molar-refractivity contribution in [3.8, 4) is 16.9 Å². The van der Waals surface area contributed by atoms with Gasteiger partial charge in [-0.25, -0.2) is 4.52 Å². The van der Waals surface area contributed by atoms with Crippen molar-refractivity contribution in [1.82, 2.24) is 14.6 Å². The van der Waals surface area contributed by atoms with Crippen LogP contribution in [0, 0.1) is 0 Å². The molecule has 2 heterocycles. The van der Waals surface area contributed by atoms with E-state index in [0.717, 1.165) is 33.9 Å². The van der Waals surface area contributed by atoms with Gasteiger partial charge in [0.05, 0.1) is 7.11 Å². The summed E-state index contributed by atoms with van der Waals surface area (Å²) in [7, 11) is 1.66. The highest BCUT2D eigenvalue weighted by atomic mass is 16.5. The van der Waals surface area contributed by atoms with Crippen molar-refractivity contribution in [2.24, 2.45) is 0 Å². The zero-order valence-electron chi connectivity index (χ0n) is 13.7. The number of nitrogens with zero attached hydrogens (tertiary/aromatic N) is 3. The minimum Gasteiger partial charge on any atom is -0.497 e. The lowest BCUT2D eigenvalue weighted by atomic mass is 10.1. The Hall–Kier alpha value is -3.54. The number of nitrogen functional groups attached to an aromatic ring is 1. The predicted octanol–water partition coefficient (Wildman–Crippen LogP) is 3.73. The first-order chi connectivity index (χ1) is 12.2. The molecule has 0 aliphatic rings. The molecular formula is C19H17N5O. The first kappa shape index (κ1) is 15.0. The zero-order chi connectivity index (χ0) is 17.2. The third kappa shape index (κ3) is 2.97. The average molecular weight is 331 g/mol. The van der Waals surface area contributed by atoms with Crippen LogP contribution >= 0.6 is 0 Å². The molecule has 0 fully saturated rings. The van der Waals surface area contributed by atoms with Gasteiger partial charge in [-0.05, 0) is 54.1 Å². The van der Waals surface area contributed by atoms with Crippen LogP contribution in [-0.2, 0) is 0 Å². The molecule has 0 radical (unpaired) electrons. The summed E-state index contributed by atoms with van der Waals surface area (Å²) in [4.78, 5) is 4.63. The molecule has 0 saturated heterocycles. The SMILES string of the molecule is COc1ccc(-c2cccn3nc(Nc4ccc(N)cc4)nc23)cc1. The summed E-state index contributed by atoms with van der Waals surface area (Å²) in [6.07, 6.45) is 1.88. The van der Waals surface area contributed by atoms with Gasteiger partial charge in [0.2, 0.25) is 5.95 Å². The number of pyridine rings is 1. The number of aromatic nitrogens is 3. The summed E-state index contributed by atoms with van der Waals surface area (Å²) in [6, 6.07) is 19.3. The lowest BCUT2D eigenvalue weighted by molar-refractivity contribution is 0.415. The summed E-state index contributed by atoms with van der Waals surface area (Å²) in [5.74, 6) is 1.36. The van der Waals surface area contributed by atoms with Gasteiger partial charge in [-0.2, -0.15) is 4.98 Å². The number of methoxy groups -OCH3 is 1. The quantitative estimate of drug-likeness (QED) is 0.557. The van der Waals surface area contributed by atoms with Gasteiger partial charge in [0.25, 0.3) is 0 Å². The van der Waals surface area contributed by atoms with Crippen LogP contribution in [0.4, 0.5) is 17.3 Å². The molecule has 2 aromatic carbocycles. The first-order valence-corrected chi connectivity index (χ1v) is 7.85. The van der Waals surface area contributed by atoms with E-state index in [9.17, 15) is 0 Å². The number of benzene rings is 2.